The van der Waals surface area contributed by atoms with E-state index in [4.69, 9.17) is 5.73 Å². The fourth-order valence-corrected chi connectivity index (χ4v) is 1.97. The molecule has 0 aliphatic heterocycles. The number of rotatable bonds is 4. The Hall–Kier alpha value is -0.590. The molecule has 5 heteroatoms. The minimum absolute atomic E-state index is 0.353. The Labute approximate surface area is 104 Å². The highest BCUT2D eigenvalue weighted by Gasteiger charge is 2.11. The maximum Gasteiger partial charge on any atom is 0.222 e. The SMILES string of the molecule is CCCCN(C)c1nc(N)nc(C)c1I. The number of aryl methyl sites for hydroxylation is 1. The summed E-state index contributed by atoms with van der Waals surface area (Å²) < 4.78 is 1.08. The lowest BCUT2D eigenvalue weighted by Crippen LogP contribution is -2.22. The third-order valence-electron chi connectivity index (χ3n) is 2.23. The zero-order chi connectivity index (χ0) is 11.4. The lowest BCUT2D eigenvalue weighted by molar-refractivity contribution is 0.756. The molecule has 0 unspecified atom stereocenters. The molecule has 0 fully saturated rings. The van der Waals surface area contributed by atoms with E-state index in [1.54, 1.807) is 0 Å². The molecule has 84 valence electrons. The smallest absolute Gasteiger partial charge is 0.222 e. The number of nitrogens with zero attached hydrogens (tertiary/aromatic N) is 3. The van der Waals surface area contributed by atoms with Crippen LogP contribution in [-0.2, 0) is 0 Å². The lowest BCUT2D eigenvalue weighted by atomic mass is 10.3. The van der Waals surface area contributed by atoms with Crippen LogP contribution in [0.5, 0.6) is 0 Å². The molecule has 0 aromatic carbocycles. The van der Waals surface area contributed by atoms with Crippen LogP contribution in [-0.4, -0.2) is 23.6 Å². The van der Waals surface area contributed by atoms with Crippen molar-refractivity contribution in [2.45, 2.75) is 26.7 Å². The monoisotopic (exact) mass is 320 g/mol. The van der Waals surface area contributed by atoms with Crippen LogP contribution >= 0.6 is 22.6 Å². The molecule has 4 nitrogen and oxygen atoms in total. The van der Waals surface area contributed by atoms with E-state index in [2.05, 4.69) is 44.4 Å². The van der Waals surface area contributed by atoms with Gasteiger partial charge in [-0.15, -0.1) is 0 Å². The van der Waals surface area contributed by atoms with Gasteiger partial charge in [0.25, 0.3) is 0 Å². The molecular weight excluding hydrogens is 303 g/mol. The van der Waals surface area contributed by atoms with E-state index in [9.17, 15) is 0 Å². The van der Waals surface area contributed by atoms with Gasteiger partial charge in [-0.05, 0) is 35.9 Å². The van der Waals surface area contributed by atoms with Gasteiger partial charge in [0.05, 0.1) is 9.26 Å². The Morgan fingerprint density at radius 2 is 2.07 bits per heavy atom. The maximum atomic E-state index is 5.64. The first-order valence-electron chi connectivity index (χ1n) is 5.07. The fourth-order valence-electron chi connectivity index (χ4n) is 1.32. The average molecular weight is 320 g/mol. The molecule has 0 aliphatic rings. The molecule has 1 heterocycles. The van der Waals surface area contributed by atoms with Gasteiger partial charge in [-0.25, -0.2) is 4.98 Å². The van der Waals surface area contributed by atoms with Crippen molar-refractivity contribution < 1.29 is 0 Å². The molecule has 0 bridgehead atoms. The summed E-state index contributed by atoms with van der Waals surface area (Å²) in [6.45, 7) is 5.14. The number of halogens is 1. The van der Waals surface area contributed by atoms with Crippen LogP contribution in [0.2, 0.25) is 0 Å². The second-order valence-corrected chi connectivity index (χ2v) is 4.66. The summed E-state index contributed by atoms with van der Waals surface area (Å²) in [5.74, 6) is 1.29. The molecule has 0 spiro atoms. The number of anilines is 2. The zero-order valence-electron chi connectivity index (χ0n) is 9.42. The van der Waals surface area contributed by atoms with Gasteiger partial charge in [-0.1, -0.05) is 13.3 Å². The summed E-state index contributed by atoms with van der Waals surface area (Å²) in [6.07, 6.45) is 2.34. The fraction of sp³-hybridized carbons (Fsp3) is 0.600. The first-order chi connectivity index (χ1) is 7.06. The van der Waals surface area contributed by atoms with Crippen LogP contribution in [0.3, 0.4) is 0 Å². The summed E-state index contributed by atoms with van der Waals surface area (Å²) >= 11 is 2.27. The van der Waals surface area contributed by atoms with E-state index in [0.717, 1.165) is 28.0 Å². The van der Waals surface area contributed by atoms with Crippen molar-refractivity contribution in [1.82, 2.24) is 9.97 Å². The molecule has 1 rings (SSSR count). The minimum atomic E-state index is 0.353. The average Bonchev–Trinajstić information content (AvgIpc) is 2.19. The Bertz CT molecular complexity index is 340. The van der Waals surface area contributed by atoms with Gasteiger partial charge in [0.1, 0.15) is 5.82 Å². The molecule has 0 atom stereocenters. The third-order valence-corrected chi connectivity index (χ3v) is 3.49. The molecule has 15 heavy (non-hydrogen) atoms. The molecule has 0 radical (unpaired) electrons. The predicted molar refractivity (Wildman–Crippen MR) is 72.1 cm³/mol. The van der Waals surface area contributed by atoms with Crippen LogP contribution in [0, 0.1) is 10.5 Å². The standard InChI is InChI=1S/C10H17IN4/c1-4-5-6-15(3)9-8(11)7(2)13-10(12)14-9/h4-6H2,1-3H3,(H2,12,13,14). The van der Waals surface area contributed by atoms with Gasteiger partial charge < -0.3 is 10.6 Å². The van der Waals surface area contributed by atoms with Gasteiger partial charge in [-0.2, -0.15) is 4.98 Å². The minimum Gasteiger partial charge on any atom is -0.368 e. The van der Waals surface area contributed by atoms with Gasteiger partial charge in [0.15, 0.2) is 0 Å². The lowest BCUT2D eigenvalue weighted by Gasteiger charge is -2.19. The Balaban J connectivity index is 2.92. The Morgan fingerprint density at radius 1 is 1.40 bits per heavy atom. The summed E-state index contributed by atoms with van der Waals surface area (Å²) in [5, 5.41) is 0. The van der Waals surface area contributed by atoms with Gasteiger partial charge in [0, 0.05) is 13.6 Å². The van der Waals surface area contributed by atoms with Crippen molar-refractivity contribution in [2.24, 2.45) is 0 Å². The van der Waals surface area contributed by atoms with Crippen molar-refractivity contribution >= 4 is 34.4 Å². The summed E-state index contributed by atoms with van der Waals surface area (Å²) in [7, 11) is 2.04. The topological polar surface area (TPSA) is 55.0 Å². The van der Waals surface area contributed by atoms with Crippen LogP contribution < -0.4 is 10.6 Å². The summed E-state index contributed by atoms with van der Waals surface area (Å²) in [5.41, 5.74) is 6.59. The number of nitrogens with two attached hydrogens (primary N) is 1. The van der Waals surface area contributed by atoms with E-state index < -0.39 is 0 Å². The molecule has 0 aliphatic carbocycles. The maximum absolute atomic E-state index is 5.64. The Morgan fingerprint density at radius 3 is 2.67 bits per heavy atom. The second-order valence-electron chi connectivity index (χ2n) is 3.58. The van der Waals surface area contributed by atoms with Crippen molar-refractivity contribution in [3.63, 3.8) is 0 Å². The van der Waals surface area contributed by atoms with Crippen molar-refractivity contribution in [2.75, 3.05) is 24.2 Å². The van der Waals surface area contributed by atoms with Crippen molar-refractivity contribution in [3.05, 3.63) is 9.26 Å². The van der Waals surface area contributed by atoms with Gasteiger partial charge in [-0.3, -0.25) is 0 Å². The normalized spacial score (nSPS) is 10.4. The summed E-state index contributed by atoms with van der Waals surface area (Å²) in [4.78, 5) is 10.5. The van der Waals surface area contributed by atoms with Crippen molar-refractivity contribution in [1.29, 1.82) is 0 Å². The third kappa shape index (κ3) is 3.19. The highest BCUT2D eigenvalue weighted by atomic mass is 127. The molecule has 0 saturated carbocycles. The molecule has 1 aromatic heterocycles. The number of nitrogen functional groups attached to an aromatic ring is 1. The van der Waals surface area contributed by atoms with E-state index in [1.807, 2.05) is 14.0 Å². The molecular formula is C10H17IN4. The molecule has 2 N–H and O–H groups in total. The Kier molecular flexibility index (Phi) is 4.56. The quantitative estimate of drug-likeness (QED) is 0.864. The van der Waals surface area contributed by atoms with Crippen LogP contribution in [0.1, 0.15) is 25.5 Å². The first kappa shape index (κ1) is 12.5. The molecule has 0 amide bonds. The second kappa shape index (κ2) is 5.48. The molecule has 1 aromatic rings. The van der Waals surface area contributed by atoms with Crippen LogP contribution in [0.25, 0.3) is 0 Å². The molecule has 0 saturated heterocycles. The van der Waals surface area contributed by atoms with E-state index >= 15 is 0 Å². The highest BCUT2D eigenvalue weighted by Crippen LogP contribution is 2.22. The van der Waals surface area contributed by atoms with Crippen LogP contribution in [0.4, 0.5) is 11.8 Å². The van der Waals surface area contributed by atoms with Crippen molar-refractivity contribution in [3.8, 4) is 0 Å². The predicted octanol–water partition coefficient (Wildman–Crippen LogP) is 2.21. The van der Waals surface area contributed by atoms with E-state index in [0.29, 0.717) is 5.95 Å². The number of hydrogen-bond acceptors (Lipinski definition) is 4. The first-order valence-corrected chi connectivity index (χ1v) is 6.14. The van der Waals surface area contributed by atoms with Gasteiger partial charge >= 0.3 is 0 Å². The van der Waals surface area contributed by atoms with Gasteiger partial charge in [0.2, 0.25) is 5.95 Å². The number of aromatic nitrogens is 2. The zero-order valence-corrected chi connectivity index (χ0v) is 11.6. The largest absolute Gasteiger partial charge is 0.368 e. The van der Waals surface area contributed by atoms with Crippen LogP contribution in [0.15, 0.2) is 0 Å². The number of unbranched alkanes of at least 4 members (excludes halogenated alkanes) is 1. The highest BCUT2D eigenvalue weighted by molar-refractivity contribution is 14.1. The van der Waals surface area contributed by atoms with E-state index in [1.165, 1.54) is 6.42 Å². The summed E-state index contributed by atoms with van der Waals surface area (Å²) in [6, 6.07) is 0. The number of hydrogen-bond donors (Lipinski definition) is 1. The van der Waals surface area contributed by atoms with E-state index in [-0.39, 0.29) is 0 Å².